The first kappa shape index (κ1) is 26.7. The van der Waals surface area contributed by atoms with Crippen LogP contribution in [0.5, 0.6) is 0 Å². The molecule has 0 heterocycles. The number of benzene rings is 8. The van der Waals surface area contributed by atoms with Crippen LogP contribution < -0.4 is 4.90 Å². The zero-order chi connectivity index (χ0) is 30.0. The maximum Gasteiger partial charge on any atom is 0.0540 e. The predicted molar refractivity (Wildman–Crippen MR) is 194 cm³/mol. The second kappa shape index (κ2) is 11.6. The third-order valence-electron chi connectivity index (χ3n) is 8.63. The third-order valence-corrected chi connectivity index (χ3v) is 8.63. The summed E-state index contributed by atoms with van der Waals surface area (Å²) >= 11 is 0. The second-order valence-corrected chi connectivity index (χ2v) is 11.4. The van der Waals surface area contributed by atoms with Crippen LogP contribution >= 0.6 is 0 Å². The molecule has 0 saturated carbocycles. The highest BCUT2D eigenvalue weighted by Gasteiger charge is 2.16. The van der Waals surface area contributed by atoms with Crippen molar-refractivity contribution in [3.8, 4) is 11.1 Å². The minimum Gasteiger partial charge on any atom is -0.310 e. The van der Waals surface area contributed by atoms with Crippen molar-refractivity contribution >= 4 is 61.5 Å². The average Bonchev–Trinajstić information content (AvgIpc) is 3.11. The molecule has 1 heteroatoms. The molecule has 1 nitrogen and oxygen atoms in total. The Bertz CT molecular complexity index is 2250. The van der Waals surface area contributed by atoms with Crippen LogP contribution in [0.2, 0.25) is 0 Å². The van der Waals surface area contributed by atoms with E-state index in [4.69, 9.17) is 0 Å². The van der Waals surface area contributed by atoms with Crippen LogP contribution in [-0.4, -0.2) is 0 Å². The van der Waals surface area contributed by atoms with E-state index in [9.17, 15) is 0 Å². The smallest absolute Gasteiger partial charge is 0.0540 e. The highest BCUT2D eigenvalue weighted by Crippen LogP contribution is 2.40. The quantitative estimate of drug-likeness (QED) is 0.141. The van der Waals surface area contributed by atoms with Gasteiger partial charge in [0.1, 0.15) is 0 Å². The number of nitrogens with zero attached hydrogens (tertiary/aromatic N) is 1. The minimum absolute atomic E-state index is 1.12. The van der Waals surface area contributed by atoms with Crippen molar-refractivity contribution in [2.45, 2.75) is 0 Å². The fraction of sp³-hybridized carbons (Fsp3) is 0. The first-order chi connectivity index (χ1) is 22.3. The molecule has 0 aliphatic rings. The van der Waals surface area contributed by atoms with Gasteiger partial charge in [-0.1, -0.05) is 152 Å². The highest BCUT2D eigenvalue weighted by molar-refractivity contribution is 6.08. The molecule has 45 heavy (non-hydrogen) atoms. The van der Waals surface area contributed by atoms with Gasteiger partial charge in [0.05, 0.1) is 5.69 Å². The van der Waals surface area contributed by atoms with Crippen molar-refractivity contribution in [3.63, 3.8) is 0 Å². The molecular weight excluding hydrogens is 542 g/mol. The number of anilines is 3. The molecule has 0 amide bonds. The van der Waals surface area contributed by atoms with Gasteiger partial charge < -0.3 is 4.90 Å². The normalized spacial score (nSPS) is 11.5. The lowest BCUT2D eigenvalue weighted by molar-refractivity contribution is 1.30. The van der Waals surface area contributed by atoms with Gasteiger partial charge in [-0.2, -0.15) is 0 Å². The Labute approximate surface area is 264 Å². The van der Waals surface area contributed by atoms with Crippen LogP contribution in [0, 0.1) is 0 Å². The Hall–Kier alpha value is -5.92. The van der Waals surface area contributed by atoms with Crippen molar-refractivity contribution in [1.82, 2.24) is 0 Å². The molecule has 0 atom stereocenters. The van der Waals surface area contributed by atoms with Crippen LogP contribution in [0.3, 0.4) is 0 Å². The predicted octanol–water partition coefficient (Wildman–Crippen LogP) is 12.5. The molecule has 0 fully saturated rings. The van der Waals surface area contributed by atoms with Crippen molar-refractivity contribution in [2.75, 3.05) is 4.90 Å². The van der Waals surface area contributed by atoms with Gasteiger partial charge in [-0.3, -0.25) is 0 Å². The minimum atomic E-state index is 1.12. The van der Waals surface area contributed by atoms with Gasteiger partial charge in [0.15, 0.2) is 0 Å². The molecule has 0 N–H and O–H groups in total. The summed E-state index contributed by atoms with van der Waals surface area (Å²) in [6.07, 6.45) is 4.50. The van der Waals surface area contributed by atoms with Gasteiger partial charge in [0.25, 0.3) is 0 Å². The largest absolute Gasteiger partial charge is 0.310 e. The van der Waals surface area contributed by atoms with E-state index in [0.29, 0.717) is 0 Å². The summed E-state index contributed by atoms with van der Waals surface area (Å²) in [6.45, 7) is 0. The molecule has 0 unspecified atom stereocenters. The molecule has 212 valence electrons. The van der Waals surface area contributed by atoms with Gasteiger partial charge in [-0.15, -0.1) is 0 Å². The molecule has 8 rings (SSSR count). The van der Waals surface area contributed by atoms with Gasteiger partial charge in [0.2, 0.25) is 0 Å². The van der Waals surface area contributed by atoms with Crippen molar-refractivity contribution < 1.29 is 0 Å². The van der Waals surface area contributed by atoms with E-state index in [-0.39, 0.29) is 0 Å². The Balaban J connectivity index is 1.22. The lowest BCUT2D eigenvalue weighted by Gasteiger charge is -2.27. The van der Waals surface area contributed by atoms with E-state index in [0.717, 1.165) is 22.6 Å². The van der Waals surface area contributed by atoms with Crippen LogP contribution in [-0.2, 0) is 0 Å². The summed E-state index contributed by atoms with van der Waals surface area (Å²) in [4.78, 5) is 2.38. The molecule has 0 aliphatic carbocycles. The summed E-state index contributed by atoms with van der Waals surface area (Å²) in [5.74, 6) is 0. The molecule has 0 saturated heterocycles. The monoisotopic (exact) mass is 573 g/mol. The summed E-state index contributed by atoms with van der Waals surface area (Å²) in [5, 5.41) is 7.50. The van der Waals surface area contributed by atoms with Crippen LogP contribution in [0.15, 0.2) is 176 Å². The molecule has 0 aromatic heterocycles. The topological polar surface area (TPSA) is 3.24 Å². The summed E-state index contributed by atoms with van der Waals surface area (Å²) in [5.41, 5.74) is 8.21. The first-order valence-corrected chi connectivity index (χ1v) is 15.4. The van der Waals surface area contributed by atoms with Crippen molar-refractivity contribution in [3.05, 3.63) is 187 Å². The lowest BCUT2D eigenvalue weighted by atomic mass is 9.96. The average molecular weight is 574 g/mol. The van der Waals surface area contributed by atoms with Gasteiger partial charge in [0, 0.05) is 16.8 Å². The zero-order valence-electron chi connectivity index (χ0n) is 24.8. The Kier molecular flexibility index (Phi) is 6.90. The number of rotatable bonds is 6. The van der Waals surface area contributed by atoms with E-state index in [1.807, 2.05) is 0 Å². The SMILES string of the molecule is C(=C/c1c2ccccc2cc2ccccc12)/c1ccc(N(c2cccc(-c3ccccc3)c2)c2cccc3ccccc23)cc1. The molecule has 0 radical (unpaired) electrons. The number of hydrogen-bond acceptors (Lipinski definition) is 1. The van der Waals surface area contributed by atoms with E-state index >= 15 is 0 Å². The summed E-state index contributed by atoms with van der Waals surface area (Å²) in [7, 11) is 0. The zero-order valence-corrected chi connectivity index (χ0v) is 24.8. The molecule has 8 aromatic rings. The fourth-order valence-electron chi connectivity index (χ4n) is 6.43. The van der Waals surface area contributed by atoms with Crippen LogP contribution in [0.1, 0.15) is 11.1 Å². The molecule has 8 aromatic carbocycles. The molecular formula is C44H31N. The van der Waals surface area contributed by atoms with Crippen LogP contribution in [0.25, 0.3) is 55.6 Å². The van der Waals surface area contributed by atoms with Crippen molar-refractivity contribution in [2.24, 2.45) is 0 Å². The van der Waals surface area contributed by atoms with Crippen LogP contribution in [0.4, 0.5) is 17.1 Å². The van der Waals surface area contributed by atoms with Gasteiger partial charge in [-0.25, -0.2) is 0 Å². The lowest BCUT2D eigenvalue weighted by Crippen LogP contribution is -2.10. The first-order valence-electron chi connectivity index (χ1n) is 15.4. The molecule has 0 aliphatic heterocycles. The third kappa shape index (κ3) is 5.15. The fourth-order valence-corrected chi connectivity index (χ4v) is 6.43. The van der Waals surface area contributed by atoms with E-state index in [1.54, 1.807) is 0 Å². The maximum absolute atomic E-state index is 2.38. The highest BCUT2D eigenvalue weighted by atomic mass is 15.1. The Morgan fingerprint density at radius 1 is 0.356 bits per heavy atom. The number of hydrogen-bond donors (Lipinski definition) is 0. The second-order valence-electron chi connectivity index (χ2n) is 11.4. The Morgan fingerprint density at radius 3 is 1.67 bits per heavy atom. The maximum atomic E-state index is 2.38. The number of fused-ring (bicyclic) bond motifs is 3. The molecule has 0 spiro atoms. The van der Waals surface area contributed by atoms with Gasteiger partial charge in [-0.05, 0) is 85.6 Å². The summed E-state index contributed by atoms with van der Waals surface area (Å²) < 4.78 is 0. The van der Waals surface area contributed by atoms with E-state index < -0.39 is 0 Å². The Morgan fingerprint density at radius 2 is 0.933 bits per heavy atom. The summed E-state index contributed by atoms with van der Waals surface area (Å²) in [6, 6.07) is 63.1. The standard InChI is InChI=1S/C44H31N/c1-2-12-33(13-3-1)35-18-10-19-39(31-35)45(44-23-11-17-34-14-4-9-22-42(34)44)38-27-24-32(25-28-38)26-29-43-40-20-7-5-15-36(40)30-37-16-6-8-21-41(37)43/h1-31H/b29-26-. The van der Waals surface area contributed by atoms with E-state index in [2.05, 4.69) is 193 Å². The molecule has 0 bridgehead atoms. The van der Waals surface area contributed by atoms with Crippen molar-refractivity contribution in [1.29, 1.82) is 0 Å². The van der Waals surface area contributed by atoms with E-state index in [1.165, 1.54) is 49.0 Å². The van der Waals surface area contributed by atoms with Gasteiger partial charge >= 0.3 is 0 Å².